The summed E-state index contributed by atoms with van der Waals surface area (Å²) in [6, 6.07) is 4.98. The largest absolute Gasteiger partial charge is 0.493 e. The molecule has 2 fully saturated rings. The monoisotopic (exact) mass is 510 g/mol. The number of carbonyl (C=O) groups excluding carboxylic acids is 4. The maximum Gasteiger partial charge on any atom is 0.303 e. The first kappa shape index (κ1) is 27.2. The van der Waals surface area contributed by atoms with Gasteiger partial charge in [0.05, 0.1) is 14.2 Å². The highest BCUT2D eigenvalue weighted by atomic mass is 16.8. The molecule has 0 radical (unpaired) electrons. The fraction of sp³-hybridized carbons (Fsp3) is 0.583. The normalized spacial score (nSPS) is 27.4. The van der Waals surface area contributed by atoms with Crippen molar-refractivity contribution in [1.29, 1.82) is 0 Å². The van der Waals surface area contributed by atoms with Gasteiger partial charge in [-0.2, -0.15) is 0 Å². The number of carbonyl (C=O) groups is 4. The minimum absolute atomic E-state index is 0.0621. The minimum atomic E-state index is -1.51. The molecule has 2 heterocycles. The lowest BCUT2D eigenvalue weighted by molar-refractivity contribution is -0.255. The molecule has 0 aliphatic carbocycles. The lowest BCUT2D eigenvalue weighted by atomic mass is 9.90. The van der Waals surface area contributed by atoms with Crippen LogP contribution in [0.15, 0.2) is 18.2 Å². The lowest BCUT2D eigenvalue weighted by Crippen LogP contribution is -2.54. The van der Waals surface area contributed by atoms with Crippen molar-refractivity contribution in [3.63, 3.8) is 0 Å². The first-order valence-electron chi connectivity index (χ1n) is 11.2. The zero-order chi connectivity index (χ0) is 26.6. The molecule has 0 N–H and O–H groups in total. The van der Waals surface area contributed by atoms with Gasteiger partial charge in [-0.25, -0.2) is 0 Å². The third kappa shape index (κ3) is 5.88. The predicted octanol–water partition coefficient (Wildman–Crippen LogP) is 1.40. The van der Waals surface area contributed by atoms with Gasteiger partial charge < -0.3 is 37.9 Å². The van der Waals surface area contributed by atoms with Crippen LogP contribution < -0.4 is 9.47 Å². The highest BCUT2D eigenvalue weighted by Gasteiger charge is 2.63. The van der Waals surface area contributed by atoms with Crippen molar-refractivity contribution in [3.05, 3.63) is 23.8 Å². The van der Waals surface area contributed by atoms with E-state index >= 15 is 0 Å². The molecule has 12 heteroatoms. The van der Waals surface area contributed by atoms with Gasteiger partial charge in [0.2, 0.25) is 0 Å². The third-order valence-corrected chi connectivity index (χ3v) is 5.71. The van der Waals surface area contributed by atoms with Crippen LogP contribution in [0.5, 0.6) is 11.5 Å². The van der Waals surface area contributed by atoms with Crippen LogP contribution in [0.1, 0.15) is 39.7 Å². The van der Waals surface area contributed by atoms with Gasteiger partial charge >= 0.3 is 23.9 Å². The van der Waals surface area contributed by atoms with Crippen LogP contribution in [0.25, 0.3) is 0 Å². The number of benzene rings is 1. The number of ether oxygens (including phenoxy) is 8. The Kier molecular flexibility index (Phi) is 8.41. The van der Waals surface area contributed by atoms with E-state index in [1.54, 1.807) is 18.2 Å². The molecular weight excluding hydrogens is 480 g/mol. The molecule has 0 unspecified atom stereocenters. The van der Waals surface area contributed by atoms with Crippen LogP contribution in [-0.2, 0) is 53.4 Å². The summed E-state index contributed by atoms with van der Waals surface area (Å²) < 4.78 is 45.0. The molecular formula is C24H30O12. The van der Waals surface area contributed by atoms with E-state index in [-0.39, 0.29) is 13.0 Å². The van der Waals surface area contributed by atoms with E-state index in [0.717, 1.165) is 0 Å². The van der Waals surface area contributed by atoms with E-state index in [1.807, 2.05) is 0 Å². The van der Waals surface area contributed by atoms with E-state index in [2.05, 4.69) is 0 Å². The molecule has 0 saturated carbocycles. The molecule has 2 bridgehead atoms. The number of hydrogen-bond acceptors (Lipinski definition) is 12. The maximum absolute atomic E-state index is 11.9. The van der Waals surface area contributed by atoms with E-state index in [9.17, 15) is 19.2 Å². The summed E-state index contributed by atoms with van der Waals surface area (Å²) in [6.45, 7) is 4.49. The summed E-state index contributed by atoms with van der Waals surface area (Å²) in [5.41, 5.74) is 0.486. The minimum Gasteiger partial charge on any atom is -0.493 e. The van der Waals surface area contributed by atoms with Crippen LogP contribution >= 0.6 is 0 Å². The first-order chi connectivity index (χ1) is 17.0. The average Bonchev–Trinajstić information content (AvgIpc) is 3.13. The van der Waals surface area contributed by atoms with Crippen molar-refractivity contribution in [1.82, 2.24) is 0 Å². The average molecular weight is 510 g/mol. The van der Waals surface area contributed by atoms with Crippen molar-refractivity contribution in [2.24, 2.45) is 0 Å². The topological polar surface area (TPSA) is 142 Å². The molecule has 0 spiro atoms. The van der Waals surface area contributed by atoms with Gasteiger partial charge in [-0.15, -0.1) is 0 Å². The standard InChI is InChI=1S/C24H30O12/c1-12(25)31-11-20(33-14(3)27)22-23-21(34-15(4)28)19(32-13(2)26)10-24(35-22,36-23)16-7-8-17(29-5)18(9-16)30-6/h7-9,19-23H,10-11H2,1-6H3/t19-,20-,21-,22-,23-,24-/m1/s1. The second-order valence-corrected chi connectivity index (χ2v) is 8.36. The Balaban J connectivity index is 2.10. The van der Waals surface area contributed by atoms with Crippen LogP contribution in [0.4, 0.5) is 0 Å². The molecule has 198 valence electrons. The fourth-order valence-electron chi connectivity index (χ4n) is 4.42. The first-order valence-corrected chi connectivity index (χ1v) is 11.2. The van der Waals surface area contributed by atoms with Gasteiger partial charge in [-0.05, 0) is 18.2 Å². The molecule has 0 amide bonds. The van der Waals surface area contributed by atoms with Crippen molar-refractivity contribution in [2.75, 3.05) is 20.8 Å². The smallest absolute Gasteiger partial charge is 0.303 e. The molecule has 12 nitrogen and oxygen atoms in total. The summed E-state index contributed by atoms with van der Waals surface area (Å²) in [4.78, 5) is 47.2. The zero-order valence-electron chi connectivity index (χ0n) is 20.9. The summed E-state index contributed by atoms with van der Waals surface area (Å²) in [5.74, 6) is -3.17. The van der Waals surface area contributed by atoms with Gasteiger partial charge in [0.1, 0.15) is 24.9 Å². The number of esters is 4. The highest BCUT2D eigenvalue weighted by molar-refractivity contribution is 5.68. The second kappa shape index (κ2) is 11.1. The number of methoxy groups -OCH3 is 2. The van der Waals surface area contributed by atoms with E-state index < -0.39 is 60.2 Å². The van der Waals surface area contributed by atoms with E-state index in [4.69, 9.17) is 37.9 Å². The summed E-state index contributed by atoms with van der Waals surface area (Å²) in [5, 5.41) is 0. The lowest BCUT2D eigenvalue weighted by Gasteiger charge is -2.40. The Bertz CT molecular complexity index is 1010. The molecule has 36 heavy (non-hydrogen) atoms. The van der Waals surface area contributed by atoms with Crippen molar-refractivity contribution >= 4 is 23.9 Å². The van der Waals surface area contributed by atoms with E-state index in [1.165, 1.54) is 41.9 Å². The van der Waals surface area contributed by atoms with Crippen molar-refractivity contribution in [3.8, 4) is 11.5 Å². The number of rotatable bonds is 9. The molecule has 2 saturated heterocycles. The molecule has 2 aliphatic rings. The van der Waals surface area contributed by atoms with Gasteiger partial charge in [0, 0.05) is 39.7 Å². The molecule has 1 aromatic rings. The van der Waals surface area contributed by atoms with Crippen LogP contribution in [-0.4, -0.2) is 75.2 Å². The Labute approximate surface area is 208 Å². The number of fused-ring (bicyclic) bond motifs is 2. The molecule has 2 aliphatic heterocycles. The number of hydrogen-bond donors (Lipinski definition) is 0. The summed E-state index contributed by atoms with van der Waals surface area (Å²) >= 11 is 0. The van der Waals surface area contributed by atoms with Crippen LogP contribution in [0.2, 0.25) is 0 Å². The maximum atomic E-state index is 11.9. The second-order valence-electron chi connectivity index (χ2n) is 8.36. The quantitative estimate of drug-likeness (QED) is 0.350. The summed E-state index contributed by atoms with van der Waals surface area (Å²) in [6.07, 6.45) is -5.36. The highest BCUT2D eigenvalue weighted by Crippen LogP contribution is 2.51. The molecule has 3 rings (SSSR count). The SMILES string of the molecule is COc1ccc([C@@]23C[C@@H](OC(C)=O)[C@@H](OC(C)=O)[C@@H](O2)[C@@H]([C@@H](COC(C)=O)OC(C)=O)O3)cc1OC. The van der Waals surface area contributed by atoms with Crippen molar-refractivity contribution < 1.29 is 57.1 Å². The Morgan fingerprint density at radius 3 is 2.14 bits per heavy atom. The molecule has 6 atom stereocenters. The Hall–Kier alpha value is -3.38. The van der Waals surface area contributed by atoms with Gasteiger partial charge in [0.25, 0.3) is 0 Å². The van der Waals surface area contributed by atoms with Crippen molar-refractivity contribution in [2.45, 2.75) is 70.4 Å². The summed E-state index contributed by atoms with van der Waals surface area (Å²) in [7, 11) is 2.96. The van der Waals surface area contributed by atoms with Gasteiger partial charge in [-0.3, -0.25) is 19.2 Å². The molecule has 1 aromatic carbocycles. The van der Waals surface area contributed by atoms with Crippen LogP contribution in [0, 0.1) is 0 Å². The fourth-order valence-corrected chi connectivity index (χ4v) is 4.42. The Morgan fingerprint density at radius 2 is 1.58 bits per heavy atom. The predicted molar refractivity (Wildman–Crippen MR) is 119 cm³/mol. The van der Waals surface area contributed by atoms with Gasteiger partial charge in [-0.1, -0.05) is 0 Å². The van der Waals surface area contributed by atoms with Gasteiger partial charge in [0.15, 0.2) is 29.5 Å². The van der Waals surface area contributed by atoms with E-state index in [0.29, 0.717) is 17.1 Å². The Morgan fingerprint density at radius 1 is 0.917 bits per heavy atom. The van der Waals surface area contributed by atoms with Crippen LogP contribution in [0.3, 0.4) is 0 Å². The zero-order valence-corrected chi connectivity index (χ0v) is 20.9. The molecule has 0 aromatic heterocycles. The third-order valence-electron chi connectivity index (χ3n) is 5.71.